The Morgan fingerprint density at radius 3 is 2.44 bits per heavy atom. The number of piperazine rings is 1. The van der Waals surface area contributed by atoms with E-state index in [1.54, 1.807) is 35.6 Å². The zero-order chi connectivity index (χ0) is 24.9. The third-order valence-corrected chi connectivity index (χ3v) is 8.61. The number of nitrogens with zero attached hydrogens (tertiary/aromatic N) is 4. The molecular weight excluding hydrogens is 468 g/mol. The van der Waals surface area contributed by atoms with E-state index in [0.29, 0.717) is 17.6 Å². The van der Waals surface area contributed by atoms with E-state index in [4.69, 9.17) is 10.00 Å². The average molecular weight is 503 g/mol. The molecule has 5 rings (SSSR count). The van der Waals surface area contributed by atoms with Gasteiger partial charge in [-0.15, -0.1) is 11.3 Å². The quantitative estimate of drug-likeness (QED) is 0.405. The molecule has 2 bridgehead atoms. The number of phenolic OH excluding ortho intramolecular Hbond substituents is 1. The number of likely N-dealkylation sites (tertiary alicyclic amines) is 1. The zero-order valence-electron chi connectivity index (χ0n) is 20.8. The highest BCUT2D eigenvalue weighted by Crippen LogP contribution is 2.32. The van der Waals surface area contributed by atoms with Crippen molar-refractivity contribution in [3.05, 3.63) is 75.7 Å². The lowest BCUT2D eigenvalue weighted by atomic mass is 10.0. The van der Waals surface area contributed by atoms with Crippen molar-refractivity contribution >= 4 is 11.3 Å². The Morgan fingerprint density at radius 1 is 1.08 bits per heavy atom. The van der Waals surface area contributed by atoms with Gasteiger partial charge in [-0.25, -0.2) is 4.98 Å². The van der Waals surface area contributed by atoms with Gasteiger partial charge >= 0.3 is 0 Å². The summed E-state index contributed by atoms with van der Waals surface area (Å²) in [6, 6.07) is 18.1. The number of benzene rings is 2. The van der Waals surface area contributed by atoms with Crippen molar-refractivity contribution in [2.75, 3.05) is 26.2 Å². The van der Waals surface area contributed by atoms with Gasteiger partial charge in [-0.05, 0) is 87.5 Å². The highest BCUT2D eigenvalue weighted by atomic mass is 32.1. The third-order valence-electron chi connectivity index (χ3n) is 7.62. The number of phenols is 1. The van der Waals surface area contributed by atoms with Gasteiger partial charge in [0.25, 0.3) is 0 Å². The monoisotopic (exact) mass is 502 g/mol. The van der Waals surface area contributed by atoms with Gasteiger partial charge in [0, 0.05) is 36.6 Å². The van der Waals surface area contributed by atoms with Crippen LogP contribution in [-0.4, -0.2) is 58.2 Å². The molecule has 0 aliphatic carbocycles. The standard InChI is InChI=1S/C29H34N4O2S/c1-21-29(36-20-31-21)14-16-32-18-24-8-9-25(19-32)33(24)15-2-3-28(23-6-4-22(17-30)5-7-23)35-27-12-10-26(34)11-13-27/h4-7,10-13,20,24-25,28,34H,2-3,8-9,14-16,18-19H2,1H3. The number of fused-ring (bicyclic) bond motifs is 2. The largest absolute Gasteiger partial charge is 0.508 e. The minimum atomic E-state index is -0.0936. The van der Waals surface area contributed by atoms with Crippen molar-refractivity contribution in [1.29, 1.82) is 5.26 Å². The summed E-state index contributed by atoms with van der Waals surface area (Å²) in [5.74, 6) is 0.973. The molecule has 188 valence electrons. The van der Waals surface area contributed by atoms with Crippen LogP contribution in [0.4, 0.5) is 0 Å². The highest BCUT2D eigenvalue weighted by molar-refractivity contribution is 7.09. The molecule has 3 unspecified atom stereocenters. The van der Waals surface area contributed by atoms with E-state index in [-0.39, 0.29) is 11.9 Å². The second-order valence-electron chi connectivity index (χ2n) is 9.97. The van der Waals surface area contributed by atoms with Gasteiger partial charge in [0.1, 0.15) is 17.6 Å². The van der Waals surface area contributed by atoms with E-state index in [1.807, 2.05) is 29.8 Å². The summed E-state index contributed by atoms with van der Waals surface area (Å²) >= 11 is 1.78. The smallest absolute Gasteiger partial charge is 0.124 e. The second-order valence-corrected chi connectivity index (χ2v) is 10.9. The summed E-state index contributed by atoms with van der Waals surface area (Å²) in [6.07, 6.45) is 5.56. The maximum atomic E-state index is 9.62. The molecule has 36 heavy (non-hydrogen) atoms. The molecular formula is C29H34N4O2S. The first-order valence-electron chi connectivity index (χ1n) is 12.9. The molecule has 2 aromatic carbocycles. The fraction of sp³-hybridized carbons (Fsp3) is 0.448. The molecule has 3 heterocycles. The molecule has 0 saturated carbocycles. The van der Waals surface area contributed by atoms with Crippen molar-refractivity contribution in [3.63, 3.8) is 0 Å². The first kappa shape index (κ1) is 24.8. The number of aromatic hydroxyl groups is 1. The molecule has 0 radical (unpaired) electrons. The number of aryl methyl sites for hydroxylation is 1. The topological polar surface area (TPSA) is 72.6 Å². The molecule has 2 aliphatic heterocycles. The molecule has 3 atom stereocenters. The van der Waals surface area contributed by atoms with Crippen LogP contribution in [0.2, 0.25) is 0 Å². The van der Waals surface area contributed by atoms with Crippen molar-refractivity contribution < 1.29 is 9.84 Å². The maximum absolute atomic E-state index is 9.62. The molecule has 2 saturated heterocycles. The van der Waals surface area contributed by atoms with Crippen molar-refractivity contribution in [1.82, 2.24) is 14.8 Å². The Bertz CT molecular complexity index is 1160. The van der Waals surface area contributed by atoms with Gasteiger partial charge in [0.15, 0.2) is 0 Å². The molecule has 2 fully saturated rings. The first-order valence-corrected chi connectivity index (χ1v) is 13.8. The van der Waals surface area contributed by atoms with Crippen LogP contribution in [0.15, 0.2) is 54.0 Å². The predicted molar refractivity (Wildman–Crippen MR) is 142 cm³/mol. The van der Waals surface area contributed by atoms with Gasteiger partial charge in [-0.2, -0.15) is 5.26 Å². The Morgan fingerprint density at radius 2 is 1.81 bits per heavy atom. The van der Waals surface area contributed by atoms with E-state index in [9.17, 15) is 5.11 Å². The third kappa shape index (κ3) is 5.89. The SMILES string of the molecule is Cc1ncsc1CCN1CC2CCC(C1)N2CCCC(Oc1ccc(O)cc1)c1ccc(C#N)cc1. The van der Waals surface area contributed by atoms with E-state index < -0.39 is 0 Å². The van der Waals surface area contributed by atoms with Gasteiger partial charge < -0.3 is 9.84 Å². The van der Waals surface area contributed by atoms with Crippen molar-refractivity contribution in [2.24, 2.45) is 0 Å². The van der Waals surface area contributed by atoms with E-state index in [2.05, 4.69) is 27.8 Å². The van der Waals surface area contributed by atoms with Crippen LogP contribution in [-0.2, 0) is 6.42 Å². The highest BCUT2D eigenvalue weighted by Gasteiger charge is 2.39. The molecule has 7 heteroatoms. The van der Waals surface area contributed by atoms with E-state index in [1.165, 1.54) is 23.4 Å². The lowest BCUT2D eigenvalue weighted by Crippen LogP contribution is -2.54. The summed E-state index contributed by atoms with van der Waals surface area (Å²) in [4.78, 5) is 11.2. The molecule has 3 aromatic rings. The Labute approximate surface area is 217 Å². The number of nitriles is 1. The van der Waals surface area contributed by atoms with Gasteiger partial charge in [0.05, 0.1) is 22.8 Å². The summed E-state index contributed by atoms with van der Waals surface area (Å²) in [7, 11) is 0. The lowest BCUT2D eigenvalue weighted by molar-refractivity contribution is 0.0630. The fourth-order valence-electron chi connectivity index (χ4n) is 5.67. The van der Waals surface area contributed by atoms with Gasteiger partial charge in [-0.3, -0.25) is 9.80 Å². The van der Waals surface area contributed by atoms with Crippen molar-refractivity contribution in [3.8, 4) is 17.6 Å². The average Bonchev–Trinajstić information content (AvgIpc) is 3.41. The van der Waals surface area contributed by atoms with Crippen LogP contribution in [0.1, 0.15) is 53.5 Å². The van der Waals surface area contributed by atoms with Crippen LogP contribution < -0.4 is 4.74 Å². The number of rotatable bonds is 10. The summed E-state index contributed by atoms with van der Waals surface area (Å²) in [5, 5.41) is 18.8. The minimum Gasteiger partial charge on any atom is -0.508 e. The summed E-state index contributed by atoms with van der Waals surface area (Å²) in [6.45, 7) is 6.66. The number of hydrogen-bond acceptors (Lipinski definition) is 7. The van der Waals surface area contributed by atoms with Crippen LogP contribution in [0, 0.1) is 18.3 Å². The van der Waals surface area contributed by atoms with E-state index in [0.717, 1.165) is 56.8 Å². The maximum Gasteiger partial charge on any atom is 0.124 e. The Hall–Kier alpha value is -2.92. The van der Waals surface area contributed by atoms with Crippen LogP contribution >= 0.6 is 11.3 Å². The van der Waals surface area contributed by atoms with Crippen LogP contribution in [0.5, 0.6) is 11.5 Å². The summed E-state index contributed by atoms with van der Waals surface area (Å²) in [5.41, 5.74) is 4.88. The van der Waals surface area contributed by atoms with Gasteiger partial charge in [-0.1, -0.05) is 12.1 Å². The van der Waals surface area contributed by atoms with Gasteiger partial charge in [0.2, 0.25) is 0 Å². The minimum absolute atomic E-state index is 0.0936. The molecule has 6 nitrogen and oxygen atoms in total. The Balaban J connectivity index is 1.17. The lowest BCUT2D eigenvalue weighted by Gasteiger charge is -2.41. The summed E-state index contributed by atoms with van der Waals surface area (Å²) < 4.78 is 6.36. The molecule has 1 aromatic heterocycles. The van der Waals surface area contributed by atoms with E-state index >= 15 is 0 Å². The number of ether oxygens (including phenoxy) is 1. The molecule has 0 spiro atoms. The zero-order valence-corrected chi connectivity index (χ0v) is 21.7. The number of thiazole rings is 1. The second kappa shape index (κ2) is 11.4. The number of aromatic nitrogens is 1. The predicted octanol–water partition coefficient (Wildman–Crippen LogP) is 5.32. The molecule has 0 amide bonds. The van der Waals surface area contributed by atoms with Crippen molar-refractivity contribution in [2.45, 2.75) is 57.2 Å². The van der Waals surface area contributed by atoms with Crippen LogP contribution in [0.25, 0.3) is 0 Å². The molecule has 2 aliphatic rings. The Kier molecular flexibility index (Phi) is 7.86. The number of hydrogen-bond donors (Lipinski definition) is 1. The fourth-order valence-corrected chi connectivity index (χ4v) is 6.44. The van der Waals surface area contributed by atoms with Crippen LogP contribution in [0.3, 0.4) is 0 Å². The molecule has 1 N–H and O–H groups in total. The normalized spacial score (nSPS) is 20.8. The first-order chi connectivity index (χ1) is 17.6.